The number of hydrogen-bond acceptors (Lipinski definition) is 4. The Labute approximate surface area is 140 Å². The second-order valence-corrected chi connectivity index (χ2v) is 5.52. The van der Waals surface area contributed by atoms with Gasteiger partial charge in [0.05, 0.1) is 5.69 Å². The number of carbonyl (C=O) groups is 2. The summed E-state index contributed by atoms with van der Waals surface area (Å²) < 4.78 is 3.34. The summed E-state index contributed by atoms with van der Waals surface area (Å²) in [4.78, 5) is 25.0. The van der Waals surface area contributed by atoms with E-state index in [4.69, 9.17) is 5.11 Å². The first-order valence-electron chi connectivity index (χ1n) is 8.02. The highest BCUT2D eigenvalue weighted by atomic mass is 16.4. The molecular formula is C16H23N5O3. The van der Waals surface area contributed by atoms with Crippen LogP contribution in [-0.2, 0) is 24.4 Å². The van der Waals surface area contributed by atoms with E-state index in [1.165, 1.54) is 10.7 Å². The fourth-order valence-electron chi connectivity index (χ4n) is 2.43. The van der Waals surface area contributed by atoms with Gasteiger partial charge in [-0.15, -0.1) is 0 Å². The van der Waals surface area contributed by atoms with Crippen LogP contribution < -0.4 is 0 Å². The van der Waals surface area contributed by atoms with Crippen molar-refractivity contribution in [1.29, 1.82) is 0 Å². The van der Waals surface area contributed by atoms with Crippen molar-refractivity contribution in [2.24, 2.45) is 0 Å². The standard InChI is InChI=1S/C16H23N5O3/c1-4-19(10-13-11-20(5-2)17-12(13)3)15(22)7-9-21-8-6-14(18-21)16(23)24/h6,8,11H,4-5,7,9-10H2,1-3H3,(H,23,24). The Morgan fingerprint density at radius 3 is 2.54 bits per heavy atom. The van der Waals surface area contributed by atoms with Gasteiger partial charge in [0.25, 0.3) is 0 Å². The molecule has 1 N–H and O–H groups in total. The molecule has 2 aromatic rings. The van der Waals surface area contributed by atoms with E-state index < -0.39 is 5.97 Å². The fraction of sp³-hybridized carbons (Fsp3) is 0.500. The lowest BCUT2D eigenvalue weighted by molar-refractivity contribution is -0.131. The normalized spacial score (nSPS) is 10.8. The van der Waals surface area contributed by atoms with Gasteiger partial charge in [-0.25, -0.2) is 4.79 Å². The van der Waals surface area contributed by atoms with E-state index in [-0.39, 0.29) is 18.0 Å². The molecule has 0 radical (unpaired) electrons. The van der Waals surface area contributed by atoms with Gasteiger partial charge in [-0.05, 0) is 26.8 Å². The fourth-order valence-corrected chi connectivity index (χ4v) is 2.43. The molecule has 0 aromatic carbocycles. The zero-order valence-electron chi connectivity index (χ0n) is 14.3. The maximum absolute atomic E-state index is 12.4. The molecule has 130 valence electrons. The molecule has 0 fully saturated rings. The number of rotatable bonds is 8. The molecule has 0 saturated heterocycles. The van der Waals surface area contributed by atoms with Gasteiger partial charge in [0.15, 0.2) is 5.69 Å². The van der Waals surface area contributed by atoms with E-state index in [1.54, 1.807) is 11.1 Å². The molecule has 2 heterocycles. The van der Waals surface area contributed by atoms with Crippen LogP contribution in [0, 0.1) is 6.92 Å². The highest BCUT2D eigenvalue weighted by molar-refractivity contribution is 5.85. The van der Waals surface area contributed by atoms with Gasteiger partial charge < -0.3 is 10.0 Å². The maximum Gasteiger partial charge on any atom is 0.356 e. The average Bonchev–Trinajstić information content (AvgIpc) is 3.17. The largest absolute Gasteiger partial charge is 0.476 e. The molecular weight excluding hydrogens is 310 g/mol. The molecule has 0 saturated carbocycles. The Kier molecular flexibility index (Phi) is 5.73. The van der Waals surface area contributed by atoms with Gasteiger partial charge in [0.2, 0.25) is 5.91 Å². The molecule has 24 heavy (non-hydrogen) atoms. The van der Waals surface area contributed by atoms with Crippen LogP contribution in [0.2, 0.25) is 0 Å². The third-order valence-corrected chi connectivity index (χ3v) is 3.88. The molecule has 0 aliphatic carbocycles. The van der Waals surface area contributed by atoms with Crippen LogP contribution in [0.4, 0.5) is 0 Å². The summed E-state index contributed by atoms with van der Waals surface area (Å²) in [5.41, 5.74) is 1.96. The lowest BCUT2D eigenvalue weighted by Gasteiger charge is -2.20. The number of aromatic nitrogens is 4. The number of carboxylic acid groups (broad SMARTS) is 1. The van der Waals surface area contributed by atoms with Gasteiger partial charge in [-0.3, -0.25) is 14.2 Å². The first-order valence-corrected chi connectivity index (χ1v) is 8.02. The van der Waals surface area contributed by atoms with Crippen LogP contribution in [0.3, 0.4) is 0 Å². The second kappa shape index (κ2) is 7.76. The predicted molar refractivity (Wildman–Crippen MR) is 87.5 cm³/mol. The number of aryl methyl sites for hydroxylation is 3. The third-order valence-electron chi connectivity index (χ3n) is 3.88. The van der Waals surface area contributed by atoms with Crippen molar-refractivity contribution in [1.82, 2.24) is 24.5 Å². The van der Waals surface area contributed by atoms with Crippen molar-refractivity contribution in [3.8, 4) is 0 Å². The summed E-state index contributed by atoms with van der Waals surface area (Å²) in [6, 6.07) is 1.42. The summed E-state index contributed by atoms with van der Waals surface area (Å²) in [7, 11) is 0. The topological polar surface area (TPSA) is 93.2 Å². The lowest BCUT2D eigenvalue weighted by atomic mass is 10.2. The zero-order valence-corrected chi connectivity index (χ0v) is 14.3. The Morgan fingerprint density at radius 1 is 1.25 bits per heavy atom. The molecule has 0 spiro atoms. The van der Waals surface area contributed by atoms with Crippen molar-refractivity contribution in [3.63, 3.8) is 0 Å². The smallest absolute Gasteiger partial charge is 0.356 e. The summed E-state index contributed by atoms with van der Waals surface area (Å²) in [6.45, 7) is 8.19. The van der Waals surface area contributed by atoms with E-state index in [2.05, 4.69) is 10.2 Å². The number of carboxylic acids is 1. The SMILES string of the molecule is CCN(Cc1cn(CC)nc1C)C(=O)CCn1ccc(C(=O)O)n1. The molecule has 0 atom stereocenters. The first-order chi connectivity index (χ1) is 11.4. The van der Waals surface area contributed by atoms with Gasteiger partial charge in [-0.2, -0.15) is 10.2 Å². The zero-order chi connectivity index (χ0) is 17.7. The van der Waals surface area contributed by atoms with Gasteiger partial charge in [0.1, 0.15) is 0 Å². The van der Waals surface area contributed by atoms with Crippen LogP contribution in [0.5, 0.6) is 0 Å². The van der Waals surface area contributed by atoms with Crippen LogP contribution >= 0.6 is 0 Å². The van der Waals surface area contributed by atoms with E-state index >= 15 is 0 Å². The first kappa shape index (κ1) is 17.7. The van der Waals surface area contributed by atoms with Gasteiger partial charge in [-0.1, -0.05) is 0 Å². The minimum Gasteiger partial charge on any atom is -0.476 e. The Morgan fingerprint density at radius 2 is 2.00 bits per heavy atom. The van der Waals surface area contributed by atoms with Crippen molar-refractivity contribution in [2.45, 2.75) is 46.8 Å². The summed E-state index contributed by atoms with van der Waals surface area (Å²) >= 11 is 0. The summed E-state index contributed by atoms with van der Waals surface area (Å²) in [5, 5.41) is 17.2. The molecule has 1 amide bonds. The van der Waals surface area contributed by atoms with Crippen LogP contribution in [0.25, 0.3) is 0 Å². The van der Waals surface area contributed by atoms with Gasteiger partial charge in [0, 0.05) is 50.6 Å². The molecule has 0 bridgehead atoms. The second-order valence-electron chi connectivity index (χ2n) is 5.52. The average molecular weight is 333 g/mol. The molecule has 0 aliphatic heterocycles. The summed E-state index contributed by atoms with van der Waals surface area (Å²) in [5.74, 6) is -1.06. The van der Waals surface area contributed by atoms with Gasteiger partial charge >= 0.3 is 5.97 Å². The summed E-state index contributed by atoms with van der Waals surface area (Å²) in [6.07, 6.45) is 3.82. The predicted octanol–water partition coefficient (Wildman–Crippen LogP) is 1.54. The van der Waals surface area contributed by atoms with Crippen molar-refractivity contribution in [2.75, 3.05) is 6.54 Å². The monoisotopic (exact) mass is 333 g/mol. The molecule has 0 unspecified atom stereocenters. The minimum atomic E-state index is -1.07. The van der Waals surface area contributed by atoms with Crippen molar-refractivity contribution in [3.05, 3.63) is 35.4 Å². The number of amides is 1. The quantitative estimate of drug-likeness (QED) is 0.791. The molecule has 2 aromatic heterocycles. The van der Waals surface area contributed by atoms with E-state index in [0.717, 1.165) is 17.8 Å². The maximum atomic E-state index is 12.4. The van der Waals surface area contributed by atoms with E-state index in [0.29, 0.717) is 19.6 Å². The van der Waals surface area contributed by atoms with Crippen molar-refractivity contribution >= 4 is 11.9 Å². The highest BCUT2D eigenvalue weighted by Crippen LogP contribution is 2.11. The third kappa shape index (κ3) is 4.21. The minimum absolute atomic E-state index is 0.00789. The number of aromatic carboxylic acids is 1. The Hall–Kier alpha value is -2.64. The van der Waals surface area contributed by atoms with Crippen molar-refractivity contribution < 1.29 is 14.7 Å². The van der Waals surface area contributed by atoms with E-state index in [1.807, 2.05) is 31.6 Å². The van der Waals surface area contributed by atoms with E-state index in [9.17, 15) is 9.59 Å². The highest BCUT2D eigenvalue weighted by Gasteiger charge is 2.15. The molecule has 0 aliphatic rings. The lowest BCUT2D eigenvalue weighted by Crippen LogP contribution is -2.31. The molecule has 8 nitrogen and oxygen atoms in total. The number of carbonyl (C=O) groups excluding carboxylic acids is 1. The molecule has 2 rings (SSSR count). The number of nitrogens with zero attached hydrogens (tertiary/aromatic N) is 5. The van der Waals surface area contributed by atoms with Crippen LogP contribution in [0.1, 0.15) is 42.0 Å². The Balaban J connectivity index is 1.95. The number of hydrogen-bond donors (Lipinski definition) is 1. The van der Waals surface area contributed by atoms with Crippen LogP contribution in [0.15, 0.2) is 18.5 Å². The van der Waals surface area contributed by atoms with Crippen LogP contribution in [-0.4, -0.2) is 48.0 Å². The molecule has 8 heteroatoms. The Bertz CT molecular complexity index is 719.